The topological polar surface area (TPSA) is 85.4 Å². The van der Waals surface area contributed by atoms with Crippen molar-refractivity contribution in [3.05, 3.63) is 95.1 Å². The molecule has 0 aliphatic carbocycles. The Morgan fingerprint density at radius 1 is 0.868 bits per heavy atom. The minimum atomic E-state index is -0.0595. The number of amides is 2. The van der Waals surface area contributed by atoms with Crippen LogP contribution in [0.2, 0.25) is 5.02 Å². The van der Waals surface area contributed by atoms with E-state index in [9.17, 15) is 4.79 Å². The van der Waals surface area contributed by atoms with Gasteiger partial charge in [-0.25, -0.2) is 9.78 Å². The Morgan fingerprint density at radius 3 is 2.53 bits per heavy atom. The molecule has 1 aromatic heterocycles. The highest BCUT2D eigenvalue weighted by Crippen LogP contribution is 2.31. The maximum atomic E-state index is 12.8. The third-order valence-corrected chi connectivity index (χ3v) is 7.16. The molecule has 6 rings (SSSR count). The fourth-order valence-electron chi connectivity index (χ4n) is 4.91. The SMILES string of the molecule is O=C(Nc1ccccc1)N1CCN(c2ccc3cc2CCc2cccc(c2)Nc2ncc(Cl)c(n2)N3)CC1. The molecule has 192 valence electrons. The molecule has 8 nitrogen and oxygen atoms in total. The molecule has 1 fully saturated rings. The zero-order valence-corrected chi connectivity index (χ0v) is 21.6. The Labute approximate surface area is 226 Å². The molecule has 0 saturated carbocycles. The molecule has 2 aliphatic rings. The molecule has 2 aliphatic heterocycles. The highest BCUT2D eigenvalue weighted by molar-refractivity contribution is 6.32. The monoisotopic (exact) mass is 525 g/mol. The summed E-state index contributed by atoms with van der Waals surface area (Å²) in [4.78, 5) is 25.9. The van der Waals surface area contributed by atoms with Crippen molar-refractivity contribution in [1.29, 1.82) is 0 Å². The van der Waals surface area contributed by atoms with E-state index in [1.54, 1.807) is 6.20 Å². The summed E-state index contributed by atoms with van der Waals surface area (Å²) in [6, 6.07) is 24.2. The number of carbonyl (C=O) groups excluding carboxylic acids is 1. The number of hydrogen-bond donors (Lipinski definition) is 3. The summed E-state index contributed by atoms with van der Waals surface area (Å²) in [5, 5.41) is 10.1. The van der Waals surface area contributed by atoms with E-state index in [1.807, 2.05) is 47.4 Å². The first-order chi connectivity index (χ1) is 18.6. The van der Waals surface area contributed by atoms with Crippen molar-refractivity contribution < 1.29 is 4.79 Å². The first kappa shape index (κ1) is 24.1. The number of urea groups is 1. The van der Waals surface area contributed by atoms with Crippen LogP contribution >= 0.6 is 11.6 Å². The number of nitrogens with one attached hydrogen (secondary N) is 3. The molecule has 3 N–H and O–H groups in total. The molecule has 38 heavy (non-hydrogen) atoms. The zero-order chi connectivity index (χ0) is 25.9. The number of hydrogen-bond acceptors (Lipinski definition) is 6. The second kappa shape index (κ2) is 10.6. The minimum absolute atomic E-state index is 0.0595. The molecule has 6 bridgehead atoms. The van der Waals surface area contributed by atoms with Gasteiger partial charge in [0.1, 0.15) is 5.02 Å². The quantitative estimate of drug-likeness (QED) is 0.294. The first-order valence-electron chi connectivity index (χ1n) is 12.8. The number of aryl methyl sites for hydroxylation is 2. The maximum absolute atomic E-state index is 12.8. The molecule has 0 atom stereocenters. The fourth-order valence-corrected chi connectivity index (χ4v) is 5.05. The third-order valence-electron chi connectivity index (χ3n) is 6.89. The van der Waals surface area contributed by atoms with Crippen LogP contribution in [-0.2, 0) is 12.8 Å². The van der Waals surface area contributed by atoms with Crippen LogP contribution in [0.15, 0.2) is 79.0 Å². The molecular weight excluding hydrogens is 498 g/mol. The highest BCUT2D eigenvalue weighted by Gasteiger charge is 2.23. The molecule has 0 unspecified atom stereocenters. The summed E-state index contributed by atoms with van der Waals surface area (Å²) in [7, 11) is 0. The number of halogens is 1. The van der Waals surface area contributed by atoms with Gasteiger partial charge in [0.25, 0.3) is 0 Å². The van der Waals surface area contributed by atoms with Crippen molar-refractivity contribution in [1.82, 2.24) is 14.9 Å². The Bertz CT molecular complexity index is 1450. The van der Waals surface area contributed by atoms with Gasteiger partial charge in [-0.05, 0) is 66.4 Å². The largest absolute Gasteiger partial charge is 0.368 e. The molecule has 0 spiro atoms. The number of piperazine rings is 1. The van der Waals surface area contributed by atoms with Crippen LogP contribution < -0.4 is 20.9 Å². The second-order valence-electron chi connectivity index (χ2n) is 9.45. The van der Waals surface area contributed by atoms with E-state index in [4.69, 9.17) is 11.6 Å². The summed E-state index contributed by atoms with van der Waals surface area (Å²) in [6.45, 7) is 2.85. The lowest BCUT2D eigenvalue weighted by atomic mass is 10.0. The van der Waals surface area contributed by atoms with Crippen LogP contribution in [0.25, 0.3) is 0 Å². The predicted octanol–water partition coefficient (Wildman–Crippen LogP) is 6.07. The van der Waals surface area contributed by atoms with E-state index in [2.05, 4.69) is 61.2 Å². The normalized spacial score (nSPS) is 14.8. The smallest absolute Gasteiger partial charge is 0.321 e. The van der Waals surface area contributed by atoms with Crippen molar-refractivity contribution in [3.63, 3.8) is 0 Å². The van der Waals surface area contributed by atoms with Gasteiger partial charge in [0.05, 0.1) is 6.20 Å². The maximum Gasteiger partial charge on any atom is 0.321 e. The molecule has 0 radical (unpaired) electrons. The Kier molecular flexibility index (Phi) is 6.71. The van der Waals surface area contributed by atoms with Crippen LogP contribution in [0.5, 0.6) is 0 Å². The summed E-state index contributed by atoms with van der Waals surface area (Å²) >= 11 is 6.42. The third kappa shape index (κ3) is 5.35. The van der Waals surface area contributed by atoms with E-state index in [0.717, 1.165) is 43.0 Å². The number of carbonyl (C=O) groups is 1. The predicted molar refractivity (Wildman–Crippen MR) is 153 cm³/mol. The Morgan fingerprint density at radius 2 is 1.68 bits per heavy atom. The number of fused-ring (bicyclic) bond motifs is 6. The molecule has 9 heteroatoms. The number of rotatable bonds is 2. The lowest BCUT2D eigenvalue weighted by Crippen LogP contribution is -2.50. The summed E-state index contributed by atoms with van der Waals surface area (Å²) in [5.41, 5.74) is 6.33. The van der Waals surface area contributed by atoms with Gasteiger partial charge < -0.3 is 25.8 Å². The van der Waals surface area contributed by atoms with Crippen molar-refractivity contribution in [2.45, 2.75) is 12.8 Å². The van der Waals surface area contributed by atoms with Gasteiger partial charge >= 0.3 is 6.03 Å². The summed E-state index contributed by atoms with van der Waals surface area (Å²) in [6.07, 6.45) is 3.37. The van der Waals surface area contributed by atoms with E-state index in [0.29, 0.717) is 29.9 Å². The van der Waals surface area contributed by atoms with Gasteiger partial charge in [-0.3, -0.25) is 0 Å². The van der Waals surface area contributed by atoms with Gasteiger partial charge in [0, 0.05) is 48.9 Å². The van der Waals surface area contributed by atoms with Crippen molar-refractivity contribution in [3.8, 4) is 0 Å². The lowest BCUT2D eigenvalue weighted by Gasteiger charge is -2.37. The number of aromatic nitrogens is 2. The van der Waals surface area contributed by atoms with Gasteiger partial charge in [0.15, 0.2) is 5.82 Å². The molecule has 1 saturated heterocycles. The molecular formula is C29H28ClN7O. The number of benzene rings is 3. The summed E-state index contributed by atoms with van der Waals surface area (Å²) < 4.78 is 0. The van der Waals surface area contributed by atoms with E-state index < -0.39 is 0 Å². The Hall–Kier alpha value is -4.30. The van der Waals surface area contributed by atoms with Crippen LogP contribution in [0.1, 0.15) is 11.1 Å². The summed E-state index contributed by atoms with van der Waals surface area (Å²) in [5.74, 6) is 1.04. The standard InChI is InChI=1S/C29H28ClN7O/c30-25-19-31-28-33-23-8-4-5-20(17-23)9-10-21-18-24(32-27(25)35-28)11-12-26(21)36-13-15-37(16-14-36)29(38)34-22-6-2-1-3-7-22/h1-8,11-12,17-19H,9-10,13-16H2,(H,34,38)(H2,31,32,33,35). The van der Waals surface area contributed by atoms with Gasteiger partial charge in [0.2, 0.25) is 5.95 Å². The van der Waals surface area contributed by atoms with Crippen molar-refractivity contribution in [2.75, 3.05) is 47.0 Å². The first-order valence-corrected chi connectivity index (χ1v) is 13.1. The van der Waals surface area contributed by atoms with Gasteiger partial charge in [-0.15, -0.1) is 0 Å². The average molecular weight is 526 g/mol. The fraction of sp³-hybridized carbons (Fsp3) is 0.207. The Balaban J connectivity index is 1.23. The van der Waals surface area contributed by atoms with Crippen molar-refractivity contribution >= 4 is 52.1 Å². The number of para-hydroxylation sites is 1. The molecule has 3 heterocycles. The van der Waals surface area contributed by atoms with Crippen LogP contribution in [-0.4, -0.2) is 47.1 Å². The minimum Gasteiger partial charge on any atom is -0.368 e. The van der Waals surface area contributed by atoms with E-state index in [1.165, 1.54) is 16.8 Å². The van der Waals surface area contributed by atoms with Crippen molar-refractivity contribution in [2.24, 2.45) is 0 Å². The molecule has 2 amide bonds. The number of nitrogens with zero attached hydrogens (tertiary/aromatic N) is 4. The van der Waals surface area contributed by atoms with E-state index >= 15 is 0 Å². The average Bonchev–Trinajstić information content (AvgIpc) is 2.95. The second-order valence-corrected chi connectivity index (χ2v) is 9.86. The van der Waals surface area contributed by atoms with Gasteiger partial charge in [-0.1, -0.05) is 41.9 Å². The van der Waals surface area contributed by atoms with Crippen LogP contribution in [0, 0.1) is 0 Å². The molecule has 3 aromatic carbocycles. The lowest BCUT2D eigenvalue weighted by molar-refractivity contribution is 0.208. The zero-order valence-electron chi connectivity index (χ0n) is 20.8. The highest BCUT2D eigenvalue weighted by atomic mass is 35.5. The van der Waals surface area contributed by atoms with E-state index in [-0.39, 0.29) is 6.03 Å². The van der Waals surface area contributed by atoms with Crippen LogP contribution in [0.3, 0.4) is 0 Å². The van der Waals surface area contributed by atoms with Crippen LogP contribution in [0.4, 0.5) is 39.3 Å². The number of anilines is 6. The molecule has 4 aromatic rings. The van der Waals surface area contributed by atoms with Gasteiger partial charge in [-0.2, -0.15) is 4.98 Å².